The molecule has 0 aromatic carbocycles. The maximum Gasteiger partial charge on any atom is 0.305 e. The standard InChI is InChI=1S/C15H30N2O3/c1-5-6-7-12(4)9-13(10-15(19)20)17(16)14(18)8-11(2)3/h11-13H,5-10,16H2,1-4H3,(H,19,20). The monoisotopic (exact) mass is 286 g/mol. The summed E-state index contributed by atoms with van der Waals surface area (Å²) in [6.45, 7) is 8.11. The fraction of sp³-hybridized carbons (Fsp3) is 0.867. The van der Waals surface area contributed by atoms with Gasteiger partial charge >= 0.3 is 5.97 Å². The van der Waals surface area contributed by atoms with Crippen molar-refractivity contribution in [2.75, 3.05) is 0 Å². The van der Waals surface area contributed by atoms with Crippen molar-refractivity contribution in [1.29, 1.82) is 0 Å². The first-order valence-electron chi connectivity index (χ1n) is 7.56. The topological polar surface area (TPSA) is 83.6 Å². The minimum absolute atomic E-state index is 0.0865. The molecule has 0 fully saturated rings. The van der Waals surface area contributed by atoms with Gasteiger partial charge in [-0.1, -0.05) is 47.0 Å². The number of amides is 1. The molecule has 0 radical (unpaired) electrons. The van der Waals surface area contributed by atoms with Crippen LogP contribution in [-0.4, -0.2) is 28.0 Å². The van der Waals surface area contributed by atoms with Crippen LogP contribution in [0.25, 0.3) is 0 Å². The minimum Gasteiger partial charge on any atom is -0.481 e. The molecule has 0 spiro atoms. The van der Waals surface area contributed by atoms with Gasteiger partial charge in [-0.15, -0.1) is 0 Å². The van der Waals surface area contributed by atoms with E-state index in [4.69, 9.17) is 10.9 Å². The Morgan fingerprint density at radius 3 is 2.25 bits per heavy atom. The molecule has 5 nitrogen and oxygen atoms in total. The van der Waals surface area contributed by atoms with E-state index in [1.165, 1.54) is 0 Å². The van der Waals surface area contributed by atoms with Crippen LogP contribution in [0.15, 0.2) is 0 Å². The largest absolute Gasteiger partial charge is 0.481 e. The molecular formula is C15H30N2O3. The summed E-state index contributed by atoms with van der Waals surface area (Å²) >= 11 is 0. The fourth-order valence-corrected chi connectivity index (χ4v) is 2.29. The average Bonchev–Trinajstić information content (AvgIpc) is 2.33. The number of hydrogen-bond donors (Lipinski definition) is 2. The Labute approximate surface area is 122 Å². The number of carbonyl (C=O) groups excluding carboxylic acids is 1. The molecule has 2 atom stereocenters. The summed E-state index contributed by atoms with van der Waals surface area (Å²) < 4.78 is 0. The zero-order valence-electron chi connectivity index (χ0n) is 13.3. The summed E-state index contributed by atoms with van der Waals surface area (Å²) in [7, 11) is 0. The molecule has 1 amide bonds. The van der Waals surface area contributed by atoms with Gasteiger partial charge in [-0.05, 0) is 18.3 Å². The number of nitrogens with zero attached hydrogens (tertiary/aromatic N) is 1. The number of aliphatic carboxylic acids is 1. The van der Waals surface area contributed by atoms with E-state index in [0.717, 1.165) is 24.3 Å². The first-order chi connectivity index (χ1) is 9.27. The second-order valence-electron chi connectivity index (χ2n) is 6.13. The SMILES string of the molecule is CCCCC(C)CC(CC(=O)O)N(N)C(=O)CC(C)C. The van der Waals surface area contributed by atoms with Crippen LogP contribution in [-0.2, 0) is 9.59 Å². The van der Waals surface area contributed by atoms with Gasteiger partial charge in [0.2, 0.25) is 5.91 Å². The third-order valence-corrected chi connectivity index (χ3v) is 3.40. The van der Waals surface area contributed by atoms with Crippen LogP contribution in [0.5, 0.6) is 0 Å². The number of carbonyl (C=O) groups is 2. The molecular weight excluding hydrogens is 256 g/mol. The van der Waals surface area contributed by atoms with Crippen molar-refractivity contribution in [3.63, 3.8) is 0 Å². The minimum atomic E-state index is -0.912. The van der Waals surface area contributed by atoms with Gasteiger partial charge in [0.15, 0.2) is 0 Å². The second-order valence-corrected chi connectivity index (χ2v) is 6.13. The lowest BCUT2D eigenvalue weighted by Gasteiger charge is -2.29. The van der Waals surface area contributed by atoms with Crippen molar-refractivity contribution >= 4 is 11.9 Å². The zero-order chi connectivity index (χ0) is 15.7. The van der Waals surface area contributed by atoms with Crippen molar-refractivity contribution in [3.8, 4) is 0 Å². The Bertz CT molecular complexity index is 305. The predicted octanol–water partition coefficient (Wildman–Crippen LogP) is 2.79. The van der Waals surface area contributed by atoms with E-state index in [9.17, 15) is 9.59 Å². The molecule has 3 N–H and O–H groups in total. The maximum absolute atomic E-state index is 12.0. The molecule has 118 valence electrons. The number of hydrazine groups is 1. The summed E-state index contributed by atoms with van der Waals surface area (Å²) in [6.07, 6.45) is 4.19. The van der Waals surface area contributed by atoms with Gasteiger partial charge in [-0.25, -0.2) is 5.84 Å². The molecule has 0 aromatic heterocycles. The predicted molar refractivity (Wildman–Crippen MR) is 79.8 cm³/mol. The lowest BCUT2D eigenvalue weighted by Crippen LogP contribution is -2.47. The first-order valence-corrected chi connectivity index (χ1v) is 7.56. The average molecular weight is 286 g/mol. The van der Waals surface area contributed by atoms with E-state index in [0.29, 0.717) is 18.8 Å². The molecule has 0 aliphatic rings. The molecule has 0 rings (SSSR count). The highest BCUT2D eigenvalue weighted by molar-refractivity contribution is 5.77. The number of carboxylic acids is 1. The third kappa shape index (κ3) is 8.15. The van der Waals surface area contributed by atoms with Gasteiger partial charge < -0.3 is 5.11 Å². The summed E-state index contributed by atoms with van der Waals surface area (Å²) in [5.41, 5.74) is 0. The Hall–Kier alpha value is -1.10. The van der Waals surface area contributed by atoms with Gasteiger partial charge in [0.05, 0.1) is 12.5 Å². The molecule has 5 heteroatoms. The van der Waals surface area contributed by atoms with E-state index < -0.39 is 12.0 Å². The highest BCUT2D eigenvalue weighted by atomic mass is 16.4. The first kappa shape index (κ1) is 18.9. The van der Waals surface area contributed by atoms with Crippen LogP contribution in [0.3, 0.4) is 0 Å². The zero-order valence-corrected chi connectivity index (χ0v) is 13.3. The Kier molecular flexibility index (Phi) is 9.21. The van der Waals surface area contributed by atoms with Gasteiger partial charge in [-0.2, -0.15) is 0 Å². The number of hydrogen-bond acceptors (Lipinski definition) is 3. The van der Waals surface area contributed by atoms with Crippen LogP contribution in [0, 0.1) is 11.8 Å². The number of unbranched alkanes of at least 4 members (excludes halogenated alkanes) is 1. The van der Waals surface area contributed by atoms with E-state index in [1.54, 1.807) is 0 Å². The van der Waals surface area contributed by atoms with Crippen LogP contribution >= 0.6 is 0 Å². The molecule has 2 unspecified atom stereocenters. The summed E-state index contributed by atoms with van der Waals surface area (Å²) in [5, 5.41) is 10.1. The van der Waals surface area contributed by atoms with E-state index >= 15 is 0 Å². The third-order valence-electron chi connectivity index (χ3n) is 3.40. The normalized spacial score (nSPS) is 14.1. The van der Waals surface area contributed by atoms with Crippen molar-refractivity contribution < 1.29 is 14.7 Å². The molecule has 0 aromatic rings. The Morgan fingerprint density at radius 2 is 1.80 bits per heavy atom. The smallest absolute Gasteiger partial charge is 0.305 e. The molecule has 0 bridgehead atoms. The molecule has 0 aliphatic heterocycles. The van der Waals surface area contributed by atoms with E-state index in [2.05, 4.69) is 13.8 Å². The van der Waals surface area contributed by atoms with Crippen molar-refractivity contribution in [3.05, 3.63) is 0 Å². The molecule has 0 aliphatic carbocycles. The van der Waals surface area contributed by atoms with Gasteiger partial charge in [-0.3, -0.25) is 14.6 Å². The van der Waals surface area contributed by atoms with Gasteiger partial charge in [0.25, 0.3) is 0 Å². The quantitative estimate of drug-likeness (QED) is 0.367. The molecule has 0 heterocycles. The second kappa shape index (κ2) is 9.75. The van der Waals surface area contributed by atoms with Crippen LogP contribution in [0.1, 0.15) is 66.2 Å². The van der Waals surface area contributed by atoms with E-state index in [-0.39, 0.29) is 18.2 Å². The van der Waals surface area contributed by atoms with Crippen LogP contribution in [0.4, 0.5) is 0 Å². The number of nitrogens with two attached hydrogens (primary N) is 1. The lowest BCUT2D eigenvalue weighted by molar-refractivity contribution is -0.141. The number of rotatable bonds is 10. The van der Waals surface area contributed by atoms with Crippen molar-refractivity contribution in [1.82, 2.24) is 5.01 Å². The maximum atomic E-state index is 12.0. The molecule has 0 saturated carbocycles. The Morgan fingerprint density at radius 1 is 1.20 bits per heavy atom. The lowest BCUT2D eigenvalue weighted by atomic mass is 9.94. The van der Waals surface area contributed by atoms with E-state index in [1.807, 2.05) is 13.8 Å². The Balaban J connectivity index is 4.60. The fourth-order valence-electron chi connectivity index (χ4n) is 2.29. The summed E-state index contributed by atoms with van der Waals surface area (Å²) in [4.78, 5) is 22.9. The molecule has 0 saturated heterocycles. The van der Waals surface area contributed by atoms with Gasteiger partial charge in [0.1, 0.15) is 0 Å². The van der Waals surface area contributed by atoms with Crippen molar-refractivity contribution in [2.45, 2.75) is 72.3 Å². The highest BCUT2D eigenvalue weighted by Crippen LogP contribution is 2.19. The number of carboxylic acid groups (broad SMARTS) is 1. The highest BCUT2D eigenvalue weighted by Gasteiger charge is 2.25. The van der Waals surface area contributed by atoms with Crippen LogP contribution < -0.4 is 5.84 Å². The summed E-state index contributed by atoms with van der Waals surface area (Å²) in [5.74, 6) is 5.36. The van der Waals surface area contributed by atoms with Gasteiger partial charge in [0, 0.05) is 6.42 Å². The summed E-state index contributed by atoms with van der Waals surface area (Å²) in [6, 6.07) is -0.411. The van der Waals surface area contributed by atoms with Crippen LogP contribution in [0.2, 0.25) is 0 Å². The van der Waals surface area contributed by atoms with Crippen molar-refractivity contribution in [2.24, 2.45) is 17.7 Å². The molecule has 20 heavy (non-hydrogen) atoms.